The van der Waals surface area contributed by atoms with Gasteiger partial charge in [0.1, 0.15) is 5.56 Å². The fraction of sp³-hybridized carbons (Fsp3) is 0.231. The number of rotatable bonds is 5. The second kappa shape index (κ2) is 5.73. The van der Waals surface area contributed by atoms with Crippen molar-refractivity contribution in [3.63, 3.8) is 0 Å². The van der Waals surface area contributed by atoms with Crippen LogP contribution in [0.2, 0.25) is 0 Å². The Kier molecular flexibility index (Phi) is 4.04. The molecule has 2 rings (SSSR count). The Morgan fingerprint density at radius 3 is 2.89 bits per heavy atom. The molecule has 0 aliphatic heterocycles. The Balaban J connectivity index is 1.95. The third-order valence-electron chi connectivity index (χ3n) is 2.63. The van der Waals surface area contributed by atoms with Crippen LogP contribution in [-0.4, -0.2) is 16.2 Å². The van der Waals surface area contributed by atoms with E-state index in [0.29, 0.717) is 11.5 Å². The van der Waals surface area contributed by atoms with E-state index in [1.807, 2.05) is 12.1 Å². The topological polar surface area (TPSA) is 63.3 Å². The van der Waals surface area contributed by atoms with Crippen LogP contribution in [-0.2, 0) is 11.5 Å². The summed E-state index contributed by atoms with van der Waals surface area (Å²) in [4.78, 5) is 10.9. The molecule has 1 N–H and O–H groups in total. The summed E-state index contributed by atoms with van der Waals surface area (Å²) in [5.74, 6) is 0.756. The Morgan fingerprint density at radius 2 is 2.17 bits per heavy atom. The smallest absolute Gasteiger partial charge is 0.341 e. The minimum absolute atomic E-state index is 0.146. The Labute approximate surface area is 109 Å². The Morgan fingerprint density at radius 1 is 1.39 bits per heavy atom. The van der Waals surface area contributed by atoms with Gasteiger partial charge in [-0.3, -0.25) is 0 Å². The van der Waals surface area contributed by atoms with Crippen LogP contribution in [0.4, 0.5) is 0 Å². The van der Waals surface area contributed by atoms with Gasteiger partial charge in [-0.05, 0) is 18.1 Å². The van der Waals surface area contributed by atoms with Crippen molar-refractivity contribution in [2.75, 3.05) is 0 Å². The molecule has 1 aromatic heterocycles. The third kappa shape index (κ3) is 2.92. The maximum atomic E-state index is 10.9. The highest BCUT2D eigenvalue weighted by atomic mass is 32.2. The summed E-state index contributed by atoms with van der Waals surface area (Å²) in [6.07, 6.45) is 1.24. The zero-order valence-corrected chi connectivity index (χ0v) is 10.7. The summed E-state index contributed by atoms with van der Waals surface area (Å²) < 4.78 is 4.94. The summed E-state index contributed by atoms with van der Waals surface area (Å²) >= 11 is 1.61. The minimum atomic E-state index is -0.997. The number of hydrogen-bond donors (Lipinski definition) is 1. The second-order valence-electron chi connectivity index (χ2n) is 3.89. The Bertz CT molecular complexity index is 551. The van der Waals surface area contributed by atoms with Gasteiger partial charge in [0.25, 0.3) is 0 Å². The van der Waals surface area contributed by atoms with Gasteiger partial charge in [0.2, 0.25) is 0 Å². The molecule has 0 spiro atoms. The highest BCUT2D eigenvalue weighted by Gasteiger charge is 2.14. The zero-order chi connectivity index (χ0) is 13.0. The van der Waals surface area contributed by atoms with E-state index in [1.54, 1.807) is 11.8 Å². The first-order valence-corrected chi connectivity index (χ1v) is 6.63. The average molecular weight is 263 g/mol. The predicted octanol–water partition coefficient (Wildman–Crippen LogP) is 3.11. The van der Waals surface area contributed by atoms with E-state index < -0.39 is 5.97 Å². The molecular formula is C13H13NO3S. The minimum Gasteiger partial charge on any atom is -0.478 e. The maximum absolute atomic E-state index is 10.9. The summed E-state index contributed by atoms with van der Waals surface area (Å²) in [5.41, 5.74) is 2.63. The first kappa shape index (κ1) is 12.7. The van der Waals surface area contributed by atoms with E-state index in [4.69, 9.17) is 9.63 Å². The van der Waals surface area contributed by atoms with Crippen LogP contribution in [0.3, 0.4) is 0 Å². The standard InChI is InChI=1S/C13H13NO3S/c1-9-4-2-3-5-10(9)7-18-8-12-11(13(15)16)6-14-17-12/h2-6H,7-8H2,1H3,(H,15,16). The molecule has 0 radical (unpaired) electrons. The third-order valence-corrected chi connectivity index (χ3v) is 3.61. The highest BCUT2D eigenvalue weighted by Crippen LogP contribution is 2.21. The molecule has 0 aliphatic rings. The molecule has 2 aromatic rings. The number of aromatic carboxylic acids is 1. The molecule has 5 heteroatoms. The molecule has 0 saturated carbocycles. The van der Waals surface area contributed by atoms with E-state index in [-0.39, 0.29) is 5.56 Å². The molecule has 18 heavy (non-hydrogen) atoms. The summed E-state index contributed by atoms with van der Waals surface area (Å²) in [6.45, 7) is 2.06. The molecule has 0 saturated heterocycles. The predicted molar refractivity (Wildman–Crippen MR) is 69.6 cm³/mol. The molecular weight excluding hydrogens is 250 g/mol. The lowest BCUT2D eigenvalue weighted by molar-refractivity contribution is 0.0695. The van der Waals surface area contributed by atoms with Crippen molar-refractivity contribution >= 4 is 17.7 Å². The lowest BCUT2D eigenvalue weighted by atomic mass is 10.1. The van der Waals surface area contributed by atoms with E-state index in [1.165, 1.54) is 17.3 Å². The van der Waals surface area contributed by atoms with Crippen molar-refractivity contribution in [2.24, 2.45) is 0 Å². The van der Waals surface area contributed by atoms with Crippen LogP contribution in [0.5, 0.6) is 0 Å². The summed E-state index contributed by atoms with van der Waals surface area (Å²) in [7, 11) is 0. The summed E-state index contributed by atoms with van der Waals surface area (Å²) in [5, 5.41) is 12.4. The number of carbonyl (C=O) groups is 1. The van der Waals surface area contributed by atoms with Crippen LogP contribution < -0.4 is 0 Å². The molecule has 0 fully saturated rings. The largest absolute Gasteiger partial charge is 0.478 e. The first-order valence-electron chi connectivity index (χ1n) is 5.47. The lowest BCUT2D eigenvalue weighted by Gasteiger charge is -2.04. The molecule has 0 atom stereocenters. The number of thioether (sulfide) groups is 1. The van der Waals surface area contributed by atoms with Crippen molar-refractivity contribution in [2.45, 2.75) is 18.4 Å². The normalized spacial score (nSPS) is 10.5. The monoisotopic (exact) mass is 263 g/mol. The van der Waals surface area contributed by atoms with Gasteiger partial charge in [0, 0.05) is 5.75 Å². The Hall–Kier alpha value is -1.75. The van der Waals surface area contributed by atoms with Crippen molar-refractivity contribution < 1.29 is 14.4 Å². The van der Waals surface area contributed by atoms with Gasteiger partial charge in [-0.15, -0.1) is 11.8 Å². The second-order valence-corrected chi connectivity index (χ2v) is 4.87. The molecule has 94 valence electrons. The van der Waals surface area contributed by atoms with Crippen LogP contribution in [0, 0.1) is 6.92 Å². The van der Waals surface area contributed by atoms with Crippen LogP contribution in [0.15, 0.2) is 35.0 Å². The van der Waals surface area contributed by atoms with Crippen LogP contribution in [0.1, 0.15) is 27.2 Å². The van der Waals surface area contributed by atoms with Gasteiger partial charge in [-0.2, -0.15) is 0 Å². The van der Waals surface area contributed by atoms with Crippen molar-refractivity contribution in [1.82, 2.24) is 5.16 Å². The number of benzene rings is 1. The lowest BCUT2D eigenvalue weighted by Crippen LogP contribution is -1.97. The van der Waals surface area contributed by atoms with Crippen LogP contribution >= 0.6 is 11.8 Å². The number of carboxylic acids is 1. The fourth-order valence-electron chi connectivity index (χ4n) is 1.57. The highest BCUT2D eigenvalue weighted by molar-refractivity contribution is 7.97. The molecule has 0 unspecified atom stereocenters. The number of nitrogens with zero attached hydrogens (tertiary/aromatic N) is 1. The summed E-state index contributed by atoms with van der Waals surface area (Å²) in [6, 6.07) is 8.14. The van der Waals surface area contributed by atoms with Crippen molar-refractivity contribution in [1.29, 1.82) is 0 Å². The number of aryl methyl sites for hydroxylation is 1. The molecule has 4 nitrogen and oxygen atoms in total. The molecule has 1 aromatic carbocycles. The number of hydrogen-bond acceptors (Lipinski definition) is 4. The fourth-order valence-corrected chi connectivity index (χ4v) is 2.61. The SMILES string of the molecule is Cc1ccccc1CSCc1oncc1C(=O)O. The van der Waals surface area contributed by atoms with Crippen molar-refractivity contribution in [3.8, 4) is 0 Å². The van der Waals surface area contributed by atoms with E-state index in [9.17, 15) is 4.79 Å². The van der Waals surface area contributed by atoms with Crippen LogP contribution in [0.25, 0.3) is 0 Å². The molecule has 0 bridgehead atoms. The van der Waals surface area contributed by atoms with Gasteiger partial charge < -0.3 is 9.63 Å². The number of aromatic nitrogens is 1. The van der Waals surface area contributed by atoms with E-state index >= 15 is 0 Å². The van der Waals surface area contributed by atoms with E-state index in [0.717, 1.165) is 5.75 Å². The molecule has 0 amide bonds. The van der Waals surface area contributed by atoms with Crippen molar-refractivity contribution in [3.05, 3.63) is 52.9 Å². The quantitative estimate of drug-likeness (QED) is 0.898. The first-order chi connectivity index (χ1) is 8.68. The van der Waals surface area contributed by atoms with Gasteiger partial charge in [0.05, 0.1) is 11.9 Å². The van der Waals surface area contributed by atoms with Gasteiger partial charge in [-0.1, -0.05) is 29.4 Å². The zero-order valence-electron chi connectivity index (χ0n) is 9.92. The van der Waals surface area contributed by atoms with Gasteiger partial charge in [0.15, 0.2) is 5.76 Å². The maximum Gasteiger partial charge on any atom is 0.341 e. The molecule has 0 aliphatic carbocycles. The van der Waals surface area contributed by atoms with Gasteiger partial charge in [-0.25, -0.2) is 4.79 Å². The molecule has 1 heterocycles. The van der Waals surface area contributed by atoms with Gasteiger partial charge >= 0.3 is 5.97 Å². The van der Waals surface area contributed by atoms with E-state index in [2.05, 4.69) is 24.2 Å². The number of carboxylic acid groups (broad SMARTS) is 1. The average Bonchev–Trinajstić information content (AvgIpc) is 2.80.